The van der Waals surface area contributed by atoms with E-state index in [0.29, 0.717) is 70.5 Å². The molecule has 1 aliphatic rings. The molecule has 0 saturated carbocycles. The third-order valence-electron chi connectivity index (χ3n) is 11.6. The molecular weight excluding hydrogens is 759 g/mol. The summed E-state index contributed by atoms with van der Waals surface area (Å²) in [4.78, 5) is 21.7. The molecule has 0 amide bonds. The van der Waals surface area contributed by atoms with Crippen LogP contribution in [-0.4, -0.2) is 102 Å². The Balaban J connectivity index is 1.59. The Hall–Kier alpha value is -4.04. The number of hydrogen-bond acceptors (Lipinski definition) is 9. The average Bonchev–Trinajstić information content (AvgIpc) is 3.85. The van der Waals surface area contributed by atoms with Gasteiger partial charge in [0.15, 0.2) is 0 Å². The van der Waals surface area contributed by atoms with E-state index in [9.17, 15) is 10.2 Å². The molecule has 3 aromatic heterocycles. The lowest BCUT2D eigenvalue weighted by Crippen LogP contribution is -2.11. The first kappa shape index (κ1) is 47.0. The molecule has 0 spiro atoms. The highest BCUT2D eigenvalue weighted by Crippen LogP contribution is 2.37. The van der Waals surface area contributed by atoms with Crippen LogP contribution in [0.4, 0.5) is 11.4 Å². The van der Waals surface area contributed by atoms with Crippen LogP contribution in [0, 0.1) is 13.8 Å². The second kappa shape index (κ2) is 25.0. The summed E-state index contributed by atoms with van der Waals surface area (Å²) in [5.41, 5.74) is 16.3. The maximum atomic E-state index is 9.87. The number of nitrogens with zero attached hydrogens (tertiary/aromatic N) is 2. The van der Waals surface area contributed by atoms with E-state index < -0.39 is 0 Å². The molecule has 0 atom stereocenters. The van der Waals surface area contributed by atoms with E-state index in [0.717, 1.165) is 96.6 Å². The molecule has 4 aromatic rings. The number of nitrogens with one attached hydrogen (secondary N) is 3. The van der Waals surface area contributed by atoms with Gasteiger partial charge in [0.25, 0.3) is 0 Å². The van der Waals surface area contributed by atoms with E-state index in [1.807, 2.05) is 24.6 Å². The van der Waals surface area contributed by atoms with Crippen LogP contribution in [-0.2, 0) is 59.3 Å². The highest BCUT2D eigenvalue weighted by Gasteiger charge is 2.22. The van der Waals surface area contributed by atoms with Crippen LogP contribution >= 0.6 is 0 Å². The first-order valence-electron chi connectivity index (χ1n) is 22.4. The summed E-state index contributed by atoms with van der Waals surface area (Å²) in [6.45, 7) is 14.1. The Bertz CT molecular complexity index is 1970. The number of hydrogen-bond donors (Lipinski definition) is 6. The molecule has 1 aromatic carbocycles. The number of aliphatic imine (C=N–C) groups is 2. The maximum Gasteiger partial charge on any atom is 0.127 e. The molecule has 12 heteroatoms. The number of benzene rings is 1. The molecule has 12 nitrogen and oxygen atoms in total. The normalized spacial score (nSPS) is 13.7. The molecule has 5 rings (SSSR count). The molecule has 1 aliphatic heterocycles. The minimum absolute atomic E-state index is 0.00700. The van der Waals surface area contributed by atoms with Crippen molar-refractivity contribution in [3.63, 3.8) is 0 Å². The summed E-state index contributed by atoms with van der Waals surface area (Å²) in [7, 11) is 0. The Morgan fingerprint density at radius 2 is 1.07 bits per heavy atom. The lowest BCUT2D eigenvalue weighted by atomic mass is 9.97. The average molecular weight is 830 g/mol. The van der Waals surface area contributed by atoms with Crippen molar-refractivity contribution in [1.29, 1.82) is 0 Å². The number of unbranched alkanes of at least 4 members (excludes halogenated alkanes) is 4. The van der Waals surface area contributed by atoms with Crippen molar-refractivity contribution < 1.29 is 34.3 Å². The van der Waals surface area contributed by atoms with Gasteiger partial charge in [0.05, 0.1) is 88.0 Å². The minimum atomic E-state index is -0.00700. The van der Waals surface area contributed by atoms with Crippen LogP contribution in [0.1, 0.15) is 139 Å². The molecule has 4 heterocycles. The molecule has 0 unspecified atom stereocenters. The summed E-state index contributed by atoms with van der Waals surface area (Å²) in [6.07, 6.45) is 15.7. The number of rotatable bonds is 25. The molecule has 330 valence electrons. The SMILES string of the molecule is CCCCCCCOc1cc2c(cc1COCCOCCOCCO)/N=C/c1[nH]c(c(CCCO)c1C)Cc1[nH]c(c(CC)c1CC)Cc1[nH]c(c(C)c1CCCO)/C=N/2. The Labute approximate surface area is 357 Å². The fourth-order valence-electron chi connectivity index (χ4n) is 8.29. The summed E-state index contributed by atoms with van der Waals surface area (Å²) in [5.74, 6) is 0.721. The molecule has 0 radical (unpaired) electrons. The van der Waals surface area contributed by atoms with Crippen molar-refractivity contribution >= 4 is 23.8 Å². The zero-order valence-electron chi connectivity index (χ0n) is 36.9. The van der Waals surface area contributed by atoms with Gasteiger partial charge >= 0.3 is 0 Å². The van der Waals surface area contributed by atoms with Gasteiger partial charge in [-0.2, -0.15) is 0 Å². The lowest BCUT2D eigenvalue weighted by Gasteiger charge is -2.15. The summed E-state index contributed by atoms with van der Waals surface area (Å²) in [6, 6.07) is 4.02. The van der Waals surface area contributed by atoms with Gasteiger partial charge in [-0.15, -0.1) is 0 Å². The Morgan fingerprint density at radius 1 is 0.550 bits per heavy atom. The Morgan fingerprint density at radius 3 is 1.60 bits per heavy atom. The van der Waals surface area contributed by atoms with Gasteiger partial charge < -0.3 is 49.2 Å². The third-order valence-corrected chi connectivity index (χ3v) is 11.6. The van der Waals surface area contributed by atoms with Crippen LogP contribution < -0.4 is 4.74 Å². The van der Waals surface area contributed by atoms with Crippen LogP contribution in [0.2, 0.25) is 0 Å². The number of aliphatic hydroxyl groups excluding tert-OH is 3. The molecule has 0 saturated heterocycles. The highest BCUT2D eigenvalue weighted by atomic mass is 16.5. The fourth-order valence-corrected chi connectivity index (χ4v) is 8.29. The second-order valence-electron chi connectivity index (χ2n) is 15.7. The predicted molar refractivity (Wildman–Crippen MR) is 241 cm³/mol. The standard InChI is InChI=1S/C48H71N5O7/c1-6-9-10-11-12-20-60-48-29-45-44(26-35(48)32-59-25-24-58-23-22-57-21-19-56)49-30-46-33(4)38(15-13-17-54)42(52-46)27-40-36(7-2)37(8-3)41(51-40)28-43-39(16-14-18-55)34(5)47(53-43)31-50-45/h26,29-31,51-56H,6-25,27-28,32H2,1-5H3/b49-30+,50-31+. The minimum Gasteiger partial charge on any atom is -0.493 e. The van der Waals surface area contributed by atoms with Crippen LogP contribution in [0.15, 0.2) is 22.1 Å². The van der Waals surface area contributed by atoms with Gasteiger partial charge in [-0.05, 0) is 98.2 Å². The monoisotopic (exact) mass is 830 g/mol. The van der Waals surface area contributed by atoms with Gasteiger partial charge in [-0.3, -0.25) is 9.98 Å². The fraction of sp³-hybridized carbons (Fsp3) is 0.583. The van der Waals surface area contributed by atoms with Crippen molar-refractivity contribution in [3.8, 4) is 5.75 Å². The number of fused-ring (bicyclic) bond motifs is 7. The first-order chi connectivity index (χ1) is 29.4. The van der Waals surface area contributed by atoms with Crippen LogP contribution in [0.3, 0.4) is 0 Å². The van der Waals surface area contributed by atoms with Crippen molar-refractivity contribution in [2.75, 3.05) is 59.5 Å². The van der Waals surface area contributed by atoms with Crippen molar-refractivity contribution in [1.82, 2.24) is 15.0 Å². The van der Waals surface area contributed by atoms with Crippen molar-refractivity contribution in [2.45, 2.75) is 125 Å². The van der Waals surface area contributed by atoms with Crippen LogP contribution in [0.25, 0.3) is 0 Å². The quantitative estimate of drug-likeness (QED) is 0.0323. The molecule has 60 heavy (non-hydrogen) atoms. The van der Waals surface area contributed by atoms with Gasteiger partial charge in [0.2, 0.25) is 0 Å². The molecule has 0 fully saturated rings. The third kappa shape index (κ3) is 12.7. The van der Waals surface area contributed by atoms with E-state index in [1.165, 1.54) is 52.9 Å². The van der Waals surface area contributed by atoms with E-state index in [1.54, 1.807) is 0 Å². The smallest absolute Gasteiger partial charge is 0.127 e. The van der Waals surface area contributed by atoms with Gasteiger partial charge in [0.1, 0.15) is 5.75 Å². The van der Waals surface area contributed by atoms with Gasteiger partial charge in [-0.1, -0.05) is 46.5 Å². The number of H-pyrrole nitrogens is 3. The number of aliphatic hydroxyl groups is 3. The first-order valence-corrected chi connectivity index (χ1v) is 22.4. The van der Waals surface area contributed by atoms with E-state index in [4.69, 9.17) is 34.0 Å². The zero-order chi connectivity index (χ0) is 42.7. The predicted octanol–water partition coefficient (Wildman–Crippen LogP) is 8.15. The lowest BCUT2D eigenvalue weighted by molar-refractivity contribution is 0.00422. The molecule has 6 N–H and O–H groups in total. The number of aromatic nitrogens is 3. The topological polar surface area (TPSA) is 170 Å². The molecule has 0 aliphatic carbocycles. The molecule has 6 bridgehead atoms. The van der Waals surface area contributed by atoms with Crippen LogP contribution in [0.5, 0.6) is 5.75 Å². The highest BCUT2D eigenvalue weighted by molar-refractivity contribution is 5.88. The molecular formula is C48H71N5O7. The van der Waals surface area contributed by atoms with Gasteiger partial charge in [-0.25, -0.2) is 0 Å². The number of ether oxygens (including phenoxy) is 4. The summed E-state index contributed by atoms with van der Waals surface area (Å²) in [5, 5.41) is 28.7. The summed E-state index contributed by atoms with van der Waals surface area (Å²) >= 11 is 0. The van der Waals surface area contributed by atoms with Crippen molar-refractivity contribution in [2.24, 2.45) is 9.98 Å². The van der Waals surface area contributed by atoms with E-state index in [2.05, 4.69) is 49.6 Å². The number of aromatic amines is 3. The van der Waals surface area contributed by atoms with Gasteiger partial charge in [0, 0.05) is 60.5 Å². The maximum absolute atomic E-state index is 9.87. The Kier molecular flexibility index (Phi) is 19.6. The zero-order valence-corrected chi connectivity index (χ0v) is 36.9. The van der Waals surface area contributed by atoms with Crippen molar-refractivity contribution in [3.05, 3.63) is 85.2 Å². The van der Waals surface area contributed by atoms with E-state index in [-0.39, 0.29) is 19.8 Å². The summed E-state index contributed by atoms with van der Waals surface area (Å²) < 4.78 is 23.6. The second-order valence-corrected chi connectivity index (χ2v) is 15.7. The largest absolute Gasteiger partial charge is 0.493 e. The van der Waals surface area contributed by atoms with E-state index >= 15 is 0 Å².